The van der Waals surface area contributed by atoms with Crippen molar-refractivity contribution >= 4 is 16.1 Å². The lowest BCUT2D eigenvalue weighted by molar-refractivity contribution is 0.206. The average Bonchev–Trinajstić information content (AvgIpc) is 3.05. The molecule has 1 atom stereocenters. The highest BCUT2D eigenvalue weighted by Gasteiger charge is 2.31. The Labute approximate surface area is 141 Å². The minimum absolute atomic E-state index is 0.204. The molecule has 1 fully saturated rings. The van der Waals surface area contributed by atoms with Crippen LogP contribution in [0.2, 0.25) is 0 Å². The summed E-state index contributed by atoms with van der Waals surface area (Å²) in [6, 6.07) is 7.69. The average molecular weight is 345 g/mol. The maximum Gasteiger partial charge on any atom is 0.236 e. The van der Waals surface area contributed by atoms with Crippen LogP contribution in [0.5, 0.6) is 5.88 Å². The van der Waals surface area contributed by atoms with Crippen LogP contribution < -0.4 is 4.74 Å². The standard InChI is InChI=1S/C17H19N3O3S/c1-14-2-4-15(5-3-14)7-11-24(21,22)20-10-6-16(13-20)23-17-12-18-8-9-19-17/h2-5,7-9,11-12,16H,6,10,13H2,1H3/b11-7+. The van der Waals surface area contributed by atoms with Gasteiger partial charge in [0, 0.05) is 24.3 Å². The van der Waals surface area contributed by atoms with E-state index in [1.807, 2.05) is 31.2 Å². The lowest BCUT2D eigenvalue weighted by atomic mass is 10.2. The van der Waals surface area contributed by atoms with Crippen LogP contribution in [0.15, 0.2) is 48.3 Å². The molecule has 0 amide bonds. The third kappa shape index (κ3) is 4.18. The summed E-state index contributed by atoms with van der Waals surface area (Å²) in [5, 5.41) is 1.25. The van der Waals surface area contributed by atoms with Gasteiger partial charge < -0.3 is 4.74 Å². The Balaban J connectivity index is 1.62. The maximum atomic E-state index is 12.4. The molecule has 24 heavy (non-hydrogen) atoms. The number of aromatic nitrogens is 2. The number of hydrogen-bond acceptors (Lipinski definition) is 5. The van der Waals surface area contributed by atoms with Gasteiger partial charge in [-0.05, 0) is 25.0 Å². The summed E-state index contributed by atoms with van der Waals surface area (Å²) in [4.78, 5) is 7.98. The molecule has 3 rings (SSSR count). The molecule has 2 heterocycles. The first kappa shape index (κ1) is 16.6. The van der Waals surface area contributed by atoms with Gasteiger partial charge >= 0.3 is 0 Å². The predicted molar refractivity (Wildman–Crippen MR) is 91.8 cm³/mol. The number of ether oxygens (including phenoxy) is 1. The second-order valence-corrected chi connectivity index (χ2v) is 7.51. The van der Waals surface area contributed by atoms with Crippen LogP contribution >= 0.6 is 0 Å². The van der Waals surface area contributed by atoms with Crippen LogP contribution in [-0.4, -0.2) is 41.9 Å². The molecule has 0 spiro atoms. The third-order valence-electron chi connectivity index (χ3n) is 3.80. The van der Waals surface area contributed by atoms with Gasteiger partial charge in [-0.15, -0.1) is 0 Å². The molecule has 0 N–H and O–H groups in total. The summed E-state index contributed by atoms with van der Waals surface area (Å²) in [6.07, 6.45) is 6.68. The van der Waals surface area contributed by atoms with E-state index in [1.54, 1.807) is 18.5 Å². The number of benzene rings is 1. The van der Waals surface area contributed by atoms with Crippen LogP contribution in [0.25, 0.3) is 6.08 Å². The van der Waals surface area contributed by atoms with Crippen molar-refractivity contribution in [3.63, 3.8) is 0 Å². The van der Waals surface area contributed by atoms with E-state index < -0.39 is 10.0 Å². The topological polar surface area (TPSA) is 72.4 Å². The molecular weight excluding hydrogens is 326 g/mol. The Hall–Kier alpha value is -2.25. The van der Waals surface area contributed by atoms with Crippen molar-refractivity contribution in [2.24, 2.45) is 0 Å². The van der Waals surface area contributed by atoms with Gasteiger partial charge in [-0.2, -0.15) is 4.31 Å². The van der Waals surface area contributed by atoms with Crippen LogP contribution in [-0.2, 0) is 10.0 Å². The Morgan fingerprint density at radius 3 is 2.75 bits per heavy atom. The van der Waals surface area contributed by atoms with Crippen LogP contribution in [0.1, 0.15) is 17.5 Å². The molecule has 1 aliphatic rings. The number of hydrogen-bond donors (Lipinski definition) is 0. The molecule has 0 aliphatic carbocycles. The molecule has 1 aromatic carbocycles. The number of nitrogens with zero attached hydrogens (tertiary/aromatic N) is 3. The van der Waals surface area contributed by atoms with Gasteiger partial charge in [0.25, 0.3) is 0 Å². The van der Waals surface area contributed by atoms with Crippen molar-refractivity contribution in [1.29, 1.82) is 0 Å². The van der Waals surface area contributed by atoms with E-state index in [2.05, 4.69) is 9.97 Å². The van der Waals surface area contributed by atoms with Gasteiger partial charge in [-0.3, -0.25) is 4.98 Å². The fraction of sp³-hybridized carbons (Fsp3) is 0.294. The number of rotatable bonds is 5. The van der Waals surface area contributed by atoms with Gasteiger partial charge in [0.05, 0.1) is 12.7 Å². The Kier molecular flexibility index (Phi) is 4.92. The monoisotopic (exact) mass is 345 g/mol. The molecular formula is C17H19N3O3S. The van der Waals surface area contributed by atoms with Crippen LogP contribution in [0.3, 0.4) is 0 Å². The van der Waals surface area contributed by atoms with Gasteiger partial charge in [-0.1, -0.05) is 29.8 Å². The first-order valence-corrected chi connectivity index (χ1v) is 9.21. The smallest absolute Gasteiger partial charge is 0.236 e. The zero-order chi connectivity index (χ0) is 17.0. The minimum Gasteiger partial charge on any atom is -0.472 e. The van der Waals surface area contributed by atoms with Gasteiger partial charge in [0.15, 0.2) is 0 Å². The second-order valence-electron chi connectivity index (χ2n) is 5.69. The predicted octanol–water partition coefficient (Wildman–Crippen LogP) is 2.24. The molecule has 2 aromatic rings. The maximum absolute atomic E-state index is 12.4. The molecule has 126 valence electrons. The minimum atomic E-state index is -3.46. The van der Waals surface area contributed by atoms with Crippen molar-refractivity contribution in [3.05, 3.63) is 59.4 Å². The first-order valence-electron chi connectivity index (χ1n) is 7.70. The van der Waals surface area contributed by atoms with E-state index in [0.717, 1.165) is 11.1 Å². The lowest BCUT2D eigenvalue weighted by Gasteiger charge is -2.14. The normalized spacial score (nSPS) is 19.0. The highest BCUT2D eigenvalue weighted by Crippen LogP contribution is 2.19. The Morgan fingerprint density at radius 2 is 2.04 bits per heavy atom. The van der Waals surface area contributed by atoms with E-state index in [1.165, 1.54) is 15.9 Å². The molecule has 1 saturated heterocycles. The van der Waals surface area contributed by atoms with Crippen molar-refractivity contribution in [3.8, 4) is 5.88 Å². The summed E-state index contributed by atoms with van der Waals surface area (Å²) >= 11 is 0. The molecule has 0 radical (unpaired) electrons. The SMILES string of the molecule is Cc1ccc(/C=C/S(=O)(=O)N2CCC(Oc3cnccn3)C2)cc1. The molecule has 1 aliphatic heterocycles. The molecule has 6 nitrogen and oxygen atoms in total. The second kappa shape index (κ2) is 7.11. The van der Waals surface area contributed by atoms with Crippen molar-refractivity contribution in [2.75, 3.05) is 13.1 Å². The lowest BCUT2D eigenvalue weighted by Crippen LogP contribution is -2.29. The van der Waals surface area contributed by atoms with E-state index in [9.17, 15) is 8.42 Å². The fourth-order valence-corrected chi connectivity index (χ4v) is 3.71. The summed E-state index contributed by atoms with van der Waals surface area (Å²) in [5.41, 5.74) is 1.99. The van der Waals surface area contributed by atoms with Crippen LogP contribution in [0, 0.1) is 6.92 Å². The zero-order valence-electron chi connectivity index (χ0n) is 13.4. The molecule has 1 unspecified atom stereocenters. The third-order valence-corrected chi connectivity index (χ3v) is 5.34. The largest absolute Gasteiger partial charge is 0.472 e. The highest BCUT2D eigenvalue weighted by atomic mass is 32.2. The highest BCUT2D eigenvalue weighted by molar-refractivity contribution is 7.92. The van der Waals surface area contributed by atoms with Crippen molar-refractivity contribution in [2.45, 2.75) is 19.4 Å². The summed E-state index contributed by atoms with van der Waals surface area (Å²) in [7, 11) is -3.46. The van der Waals surface area contributed by atoms with Gasteiger partial charge in [-0.25, -0.2) is 13.4 Å². The number of sulfonamides is 1. The number of aryl methyl sites for hydroxylation is 1. The zero-order valence-corrected chi connectivity index (χ0v) is 14.2. The van der Waals surface area contributed by atoms with Crippen LogP contribution in [0.4, 0.5) is 0 Å². The van der Waals surface area contributed by atoms with E-state index in [0.29, 0.717) is 25.4 Å². The van der Waals surface area contributed by atoms with Gasteiger partial charge in [0.2, 0.25) is 15.9 Å². The van der Waals surface area contributed by atoms with E-state index in [-0.39, 0.29) is 6.10 Å². The molecule has 0 bridgehead atoms. The Morgan fingerprint density at radius 1 is 1.25 bits per heavy atom. The van der Waals surface area contributed by atoms with Crippen molar-refractivity contribution in [1.82, 2.24) is 14.3 Å². The van der Waals surface area contributed by atoms with E-state index in [4.69, 9.17) is 4.74 Å². The quantitative estimate of drug-likeness (QED) is 0.831. The van der Waals surface area contributed by atoms with E-state index >= 15 is 0 Å². The fourth-order valence-electron chi connectivity index (χ4n) is 2.47. The van der Waals surface area contributed by atoms with Crippen molar-refractivity contribution < 1.29 is 13.2 Å². The van der Waals surface area contributed by atoms with Gasteiger partial charge in [0.1, 0.15) is 6.10 Å². The first-order chi connectivity index (χ1) is 11.5. The summed E-state index contributed by atoms with van der Waals surface area (Å²) in [6.45, 7) is 2.74. The summed E-state index contributed by atoms with van der Waals surface area (Å²) in [5.74, 6) is 0.414. The molecule has 0 saturated carbocycles. The Bertz CT molecular complexity index is 805. The molecule has 7 heteroatoms. The summed E-state index contributed by atoms with van der Waals surface area (Å²) < 4.78 is 32.0. The molecule has 1 aromatic heterocycles.